The van der Waals surface area contributed by atoms with Crippen molar-refractivity contribution in [3.63, 3.8) is 0 Å². The van der Waals surface area contributed by atoms with Gasteiger partial charge in [0.2, 0.25) is 0 Å². The van der Waals surface area contributed by atoms with E-state index in [0.717, 1.165) is 40.2 Å². The van der Waals surface area contributed by atoms with Gasteiger partial charge in [0.25, 0.3) is 0 Å². The Labute approximate surface area is 176 Å². The van der Waals surface area contributed by atoms with Crippen LogP contribution in [-0.4, -0.2) is 23.3 Å². The molecule has 0 radical (unpaired) electrons. The van der Waals surface area contributed by atoms with E-state index in [-0.39, 0.29) is 0 Å². The van der Waals surface area contributed by atoms with E-state index in [0.29, 0.717) is 11.3 Å². The maximum Gasteiger partial charge on any atom is 0.158 e. The van der Waals surface area contributed by atoms with Crippen LogP contribution in [0.15, 0.2) is 35.7 Å². The van der Waals surface area contributed by atoms with Gasteiger partial charge in [-0.25, -0.2) is 9.97 Å². The van der Waals surface area contributed by atoms with Crippen molar-refractivity contribution in [1.29, 1.82) is 0 Å². The van der Waals surface area contributed by atoms with E-state index in [9.17, 15) is 0 Å². The fraction of sp³-hybridized carbons (Fsp3) is 0.435. The lowest BCUT2D eigenvalue weighted by atomic mass is 9.69. The number of benzene rings is 1. The molecule has 2 heterocycles. The smallest absolute Gasteiger partial charge is 0.158 e. The van der Waals surface area contributed by atoms with Gasteiger partial charge in [-0.1, -0.05) is 27.2 Å². The van der Waals surface area contributed by atoms with E-state index >= 15 is 0 Å². The zero-order chi connectivity index (χ0) is 20.4. The molecule has 6 heteroatoms. The Morgan fingerprint density at radius 3 is 2.79 bits per heavy atom. The first-order valence-corrected chi connectivity index (χ1v) is 11.0. The molecule has 0 saturated carbocycles. The third kappa shape index (κ3) is 3.99. The second kappa shape index (κ2) is 8.11. The number of thiophene rings is 1. The van der Waals surface area contributed by atoms with Crippen molar-refractivity contribution in [3.05, 3.63) is 46.6 Å². The van der Waals surface area contributed by atoms with E-state index in [2.05, 4.69) is 41.3 Å². The second-order valence-corrected chi connectivity index (χ2v) is 9.41. The molecule has 5 nitrogen and oxygen atoms in total. The van der Waals surface area contributed by atoms with Crippen molar-refractivity contribution < 1.29 is 4.74 Å². The molecule has 1 aliphatic rings. The van der Waals surface area contributed by atoms with Crippen LogP contribution in [0.25, 0.3) is 10.2 Å². The minimum absolute atomic E-state index is 0.349. The van der Waals surface area contributed by atoms with Crippen LogP contribution in [-0.2, 0) is 12.8 Å². The van der Waals surface area contributed by atoms with Gasteiger partial charge in [-0.15, -0.1) is 11.3 Å². The van der Waals surface area contributed by atoms with Crippen molar-refractivity contribution in [2.45, 2.75) is 46.5 Å². The van der Waals surface area contributed by atoms with Gasteiger partial charge < -0.3 is 4.74 Å². The minimum Gasteiger partial charge on any atom is -0.497 e. The van der Waals surface area contributed by atoms with Crippen molar-refractivity contribution in [2.24, 2.45) is 16.4 Å². The first kappa shape index (κ1) is 19.8. The van der Waals surface area contributed by atoms with Crippen LogP contribution >= 0.6 is 11.3 Å². The van der Waals surface area contributed by atoms with Gasteiger partial charge in [-0.3, -0.25) is 5.43 Å². The van der Waals surface area contributed by atoms with E-state index in [1.165, 1.54) is 23.3 Å². The number of fused-ring (bicyclic) bond motifs is 3. The van der Waals surface area contributed by atoms with E-state index in [1.807, 2.05) is 35.6 Å². The summed E-state index contributed by atoms with van der Waals surface area (Å²) >= 11 is 1.81. The summed E-state index contributed by atoms with van der Waals surface area (Å²) in [5.41, 5.74) is 5.93. The fourth-order valence-corrected chi connectivity index (χ4v) is 5.19. The molecular weight excluding hydrogens is 380 g/mol. The second-order valence-electron chi connectivity index (χ2n) is 8.33. The van der Waals surface area contributed by atoms with Crippen LogP contribution in [0.4, 0.5) is 5.82 Å². The molecule has 152 valence electrons. The Hall–Kier alpha value is -2.47. The topological polar surface area (TPSA) is 59.4 Å². The van der Waals surface area contributed by atoms with Crippen molar-refractivity contribution in [2.75, 3.05) is 12.5 Å². The SMILES string of the molecule is CCC(C)(C)C1CCc2sc3ncnc(NN=Cc4ccc(OC)cc4)c3c2C1. The Kier molecular flexibility index (Phi) is 5.54. The fourth-order valence-electron chi connectivity index (χ4n) is 4.01. The van der Waals surface area contributed by atoms with Crippen LogP contribution in [0.1, 0.15) is 49.6 Å². The molecule has 0 fully saturated rings. The molecule has 0 saturated heterocycles. The Morgan fingerprint density at radius 1 is 1.28 bits per heavy atom. The number of hydrogen-bond acceptors (Lipinski definition) is 6. The first-order valence-electron chi connectivity index (χ1n) is 10.2. The average Bonchev–Trinajstić information content (AvgIpc) is 3.13. The van der Waals surface area contributed by atoms with Gasteiger partial charge in [0.1, 0.15) is 16.9 Å². The Balaban J connectivity index is 1.60. The number of rotatable bonds is 6. The molecule has 1 N–H and O–H groups in total. The predicted molar refractivity (Wildman–Crippen MR) is 121 cm³/mol. The van der Waals surface area contributed by atoms with Crippen molar-refractivity contribution in [3.8, 4) is 5.75 Å². The number of ether oxygens (including phenoxy) is 1. The highest BCUT2D eigenvalue weighted by atomic mass is 32.1. The summed E-state index contributed by atoms with van der Waals surface area (Å²) < 4.78 is 5.20. The zero-order valence-electron chi connectivity index (χ0n) is 17.5. The summed E-state index contributed by atoms with van der Waals surface area (Å²) in [6.07, 6.45) is 8.12. The summed E-state index contributed by atoms with van der Waals surface area (Å²) in [5, 5.41) is 5.58. The van der Waals surface area contributed by atoms with E-state index < -0.39 is 0 Å². The number of nitrogens with zero attached hydrogens (tertiary/aromatic N) is 3. The summed E-state index contributed by atoms with van der Waals surface area (Å²) in [4.78, 5) is 11.6. The molecule has 0 bridgehead atoms. The molecule has 29 heavy (non-hydrogen) atoms. The molecule has 1 aliphatic carbocycles. The maximum absolute atomic E-state index is 5.20. The maximum atomic E-state index is 5.20. The minimum atomic E-state index is 0.349. The van der Waals surface area contributed by atoms with Gasteiger partial charge in [-0.05, 0) is 66.0 Å². The standard InChI is InChI=1S/C23H28N4OS/c1-5-23(2,3)16-8-11-19-18(12-16)20-21(24-14-25-22(20)29-19)27-26-13-15-6-9-17(28-4)10-7-15/h6-7,9-10,13-14,16H,5,8,11-12H2,1-4H3,(H,24,25,27). The van der Waals surface area contributed by atoms with Crippen LogP contribution in [0.5, 0.6) is 5.75 Å². The van der Waals surface area contributed by atoms with E-state index in [1.54, 1.807) is 19.7 Å². The van der Waals surface area contributed by atoms with Gasteiger partial charge >= 0.3 is 0 Å². The normalized spacial score (nSPS) is 16.9. The van der Waals surface area contributed by atoms with Crippen molar-refractivity contribution in [1.82, 2.24) is 9.97 Å². The number of nitrogens with one attached hydrogen (secondary N) is 1. The van der Waals surface area contributed by atoms with Crippen LogP contribution in [0.2, 0.25) is 0 Å². The predicted octanol–water partition coefficient (Wildman–Crippen LogP) is 5.69. The lowest BCUT2D eigenvalue weighted by molar-refractivity contribution is 0.184. The molecule has 2 aromatic heterocycles. The summed E-state index contributed by atoms with van der Waals surface area (Å²) in [5.74, 6) is 2.32. The lowest BCUT2D eigenvalue weighted by Crippen LogP contribution is -2.28. The van der Waals surface area contributed by atoms with Gasteiger partial charge in [0.05, 0.1) is 18.7 Å². The summed E-state index contributed by atoms with van der Waals surface area (Å²) in [7, 11) is 1.67. The molecule has 0 amide bonds. The molecule has 1 unspecified atom stereocenters. The van der Waals surface area contributed by atoms with Crippen LogP contribution < -0.4 is 10.2 Å². The summed E-state index contributed by atoms with van der Waals surface area (Å²) in [6, 6.07) is 7.80. The molecule has 4 rings (SSSR count). The number of anilines is 1. The highest BCUT2D eigenvalue weighted by molar-refractivity contribution is 7.19. The largest absolute Gasteiger partial charge is 0.497 e. The Bertz CT molecular complexity index is 1020. The number of aryl methyl sites for hydroxylation is 1. The molecule has 1 aromatic carbocycles. The van der Waals surface area contributed by atoms with E-state index in [4.69, 9.17) is 4.74 Å². The van der Waals surface area contributed by atoms with Gasteiger partial charge in [-0.2, -0.15) is 5.10 Å². The molecule has 0 spiro atoms. The van der Waals surface area contributed by atoms with Crippen LogP contribution in [0, 0.1) is 11.3 Å². The number of hydrogen-bond donors (Lipinski definition) is 1. The quantitative estimate of drug-likeness (QED) is 0.421. The highest BCUT2D eigenvalue weighted by Crippen LogP contribution is 2.45. The van der Waals surface area contributed by atoms with Gasteiger partial charge in [0.15, 0.2) is 5.82 Å². The van der Waals surface area contributed by atoms with Crippen LogP contribution in [0.3, 0.4) is 0 Å². The Morgan fingerprint density at radius 2 is 2.07 bits per heavy atom. The highest BCUT2D eigenvalue weighted by Gasteiger charge is 2.33. The first-order chi connectivity index (χ1) is 14.0. The number of methoxy groups -OCH3 is 1. The third-order valence-corrected chi connectivity index (χ3v) is 7.56. The zero-order valence-corrected chi connectivity index (χ0v) is 18.3. The lowest BCUT2D eigenvalue weighted by Gasteiger charge is -2.36. The number of hydrazone groups is 1. The monoisotopic (exact) mass is 408 g/mol. The molecular formula is C23H28N4OS. The number of aromatic nitrogens is 2. The van der Waals surface area contributed by atoms with Crippen molar-refractivity contribution >= 4 is 33.6 Å². The molecule has 0 aliphatic heterocycles. The molecule has 3 aromatic rings. The van der Waals surface area contributed by atoms with Gasteiger partial charge in [0, 0.05) is 4.88 Å². The summed E-state index contributed by atoms with van der Waals surface area (Å²) in [6.45, 7) is 7.09. The average molecular weight is 409 g/mol. The third-order valence-electron chi connectivity index (χ3n) is 6.36. The molecule has 1 atom stereocenters.